The van der Waals surface area contributed by atoms with Crippen molar-refractivity contribution in [3.8, 4) is 0 Å². The van der Waals surface area contributed by atoms with Gasteiger partial charge in [-0.25, -0.2) is 0 Å². The van der Waals surface area contributed by atoms with E-state index in [4.69, 9.17) is 0 Å². The van der Waals surface area contributed by atoms with Crippen LogP contribution in [0.5, 0.6) is 0 Å². The van der Waals surface area contributed by atoms with Crippen molar-refractivity contribution in [2.75, 3.05) is 6.61 Å². The van der Waals surface area contributed by atoms with Crippen LogP contribution in [0.4, 0.5) is 0 Å². The van der Waals surface area contributed by atoms with E-state index in [-0.39, 0.29) is 12.5 Å². The summed E-state index contributed by atoms with van der Waals surface area (Å²) in [6, 6.07) is -0.643. The lowest BCUT2D eigenvalue weighted by atomic mass is 10.0. The average Bonchev–Trinajstić information content (AvgIpc) is 3.19. The highest BCUT2D eigenvalue weighted by Crippen LogP contribution is 2.16. The molecule has 4 heteroatoms. The van der Waals surface area contributed by atoms with Gasteiger partial charge in [-0.3, -0.25) is 4.79 Å². The van der Waals surface area contributed by atoms with Gasteiger partial charge < -0.3 is 15.5 Å². The Balaban J connectivity index is 3.58. The van der Waals surface area contributed by atoms with E-state index in [9.17, 15) is 15.0 Å². The first kappa shape index (κ1) is 53.6. The molecule has 3 N–H and O–H groups in total. The smallest absolute Gasteiger partial charge is 0.220 e. The molecule has 0 aliphatic heterocycles. The summed E-state index contributed by atoms with van der Waals surface area (Å²) in [5.41, 5.74) is 0. The van der Waals surface area contributed by atoms with Crippen LogP contribution in [0, 0.1) is 0 Å². The number of aliphatic hydroxyl groups is 2. The normalized spacial score (nSPS) is 13.2. The number of carbonyl (C=O) groups is 1. The second kappa shape index (κ2) is 47.0. The zero-order chi connectivity index (χ0) is 40.0. The summed E-state index contributed by atoms with van der Waals surface area (Å²) < 4.78 is 0. The van der Waals surface area contributed by atoms with Gasteiger partial charge in [0.2, 0.25) is 5.91 Å². The van der Waals surface area contributed by atoms with E-state index in [1.54, 1.807) is 6.08 Å². The standard InChI is InChI=1S/C51H97NO3/c1-3-5-7-9-11-13-15-17-19-21-23-25-27-28-30-32-34-36-38-40-42-44-46-50(54)49(48-53)52-51(55)47-45-43-41-39-37-35-33-31-29-26-24-22-20-18-16-14-12-10-8-6-4-2/h28,30,36,38,44,46,49-50,53-54H,3-27,29,31-35,37,39-43,45,47-48H2,1-2H3,(H,52,55)/b30-28+,38-36+,46-44+. The maximum absolute atomic E-state index is 12.4. The van der Waals surface area contributed by atoms with Gasteiger partial charge in [-0.2, -0.15) is 0 Å². The number of amides is 1. The van der Waals surface area contributed by atoms with E-state index in [2.05, 4.69) is 43.5 Å². The molecule has 2 atom stereocenters. The van der Waals surface area contributed by atoms with Gasteiger partial charge in [-0.15, -0.1) is 0 Å². The van der Waals surface area contributed by atoms with Gasteiger partial charge in [0.15, 0.2) is 0 Å². The summed E-state index contributed by atoms with van der Waals surface area (Å²) in [6.45, 7) is 4.32. The van der Waals surface area contributed by atoms with Gasteiger partial charge in [0.1, 0.15) is 0 Å². The second-order valence-corrected chi connectivity index (χ2v) is 16.9. The van der Waals surface area contributed by atoms with Crippen LogP contribution < -0.4 is 5.32 Å². The van der Waals surface area contributed by atoms with E-state index in [0.29, 0.717) is 6.42 Å². The lowest BCUT2D eigenvalue weighted by Gasteiger charge is -2.19. The van der Waals surface area contributed by atoms with Crippen molar-refractivity contribution >= 4 is 5.91 Å². The third-order valence-corrected chi connectivity index (χ3v) is 11.4. The quantitative estimate of drug-likeness (QED) is 0.0426. The fourth-order valence-electron chi connectivity index (χ4n) is 7.56. The number of aliphatic hydroxyl groups excluding tert-OH is 2. The van der Waals surface area contributed by atoms with Crippen LogP contribution in [0.2, 0.25) is 0 Å². The molecule has 0 heterocycles. The number of hydrogen-bond donors (Lipinski definition) is 3. The van der Waals surface area contributed by atoms with Gasteiger partial charge in [0.25, 0.3) is 0 Å². The minimum absolute atomic E-state index is 0.0737. The first-order valence-electron chi connectivity index (χ1n) is 24.7. The third kappa shape index (κ3) is 43.6. The van der Waals surface area contributed by atoms with Crippen LogP contribution in [0.1, 0.15) is 264 Å². The van der Waals surface area contributed by atoms with Crippen molar-refractivity contribution in [1.29, 1.82) is 0 Å². The Bertz CT molecular complexity index is 836. The third-order valence-electron chi connectivity index (χ3n) is 11.4. The first-order valence-corrected chi connectivity index (χ1v) is 24.7. The van der Waals surface area contributed by atoms with Gasteiger partial charge >= 0.3 is 0 Å². The molecule has 0 aliphatic carbocycles. The van der Waals surface area contributed by atoms with Crippen molar-refractivity contribution < 1.29 is 15.0 Å². The number of rotatable bonds is 45. The maximum atomic E-state index is 12.4. The van der Waals surface area contributed by atoms with Crippen molar-refractivity contribution in [1.82, 2.24) is 5.32 Å². The van der Waals surface area contributed by atoms with E-state index in [1.165, 1.54) is 205 Å². The van der Waals surface area contributed by atoms with Crippen LogP contribution >= 0.6 is 0 Å². The van der Waals surface area contributed by atoms with Crippen molar-refractivity contribution in [2.24, 2.45) is 0 Å². The molecule has 0 radical (unpaired) electrons. The summed E-state index contributed by atoms with van der Waals surface area (Å²) in [6.07, 6.45) is 62.8. The average molecular weight is 772 g/mol. The minimum atomic E-state index is -0.868. The second-order valence-electron chi connectivity index (χ2n) is 16.9. The maximum Gasteiger partial charge on any atom is 0.220 e. The van der Waals surface area contributed by atoms with Gasteiger partial charge in [0, 0.05) is 6.42 Å². The fraction of sp³-hybridized carbons (Fsp3) is 0.863. The number of hydrogen-bond acceptors (Lipinski definition) is 3. The Morgan fingerprint density at radius 3 is 1.05 bits per heavy atom. The number of nitrogens with one attached hydrogen (secondary N) is 1. The van der Waals surface area contributed by atoms with Crippen LogP contribution in [-0.4, -0.2) is 34.9 Å². The molecule has 1 amide bonds. The summed E-state index contributed by atoms with van der Waals surface area (Å²) in [4.78, 5) is 12.4. The molecule has 0 saturated heterocycles. The van der Waals surface area contributed by atoms with Crippen LogP contribution in [0.25, 0.3) is 0 Å². The van der Waals surface area contributed by atoms with E-state index < -0.39 is 12.1 Å². The highest BCUT2D eigenvalue weighted by Gasteiger charge is 2.17. The highest BCUT2D eigenvalue weighted by atomic mass is 16.3. The molecule has 0 aromatic carbocycles. The van der Waals surface area contributed by atoms with E-state index >= 15 is 0 Å². The van der Waals surface area contributed by atoms with Crippen molar-refractivity contribution in [3.05, 3.63) is 36.5 Å². The molecular formula is C51H97NO3. The predicted octanol–water partition coefficient (Wildman–Crippen LogP) is 15.7. The molecule has 0 aromatic rings. The van der Waals surface area contributed by atoms with E-state index in [0.717, 1.165) is 38.5 Å². The lowest BCUT2D eigenvalue weighted by molar-refractivity contribution is -0.123. The van der Waals surface area contributed by atoms with E-state index in [1.807, 2.05) is 6.08 Å². The zero-order valence-electron chi connectivity index (χ0n) is 37.2. The van der Waals surface area contributed by atoms with Crippen molar-refractivity contribution in [3.63, 3.8) is 0 Å². The Labute approximate surface area is 344 Å². The minimum Gasteiger partial charge on any atom is -0.394 e. The largest absolute Gasteiger partial charge is 0.394 e. The molecule has 0 bridgehead atoms. The molecule has 0 aliphatic rings. The van der Waals surface area contributed by atoms with Crippen LogP contribution in [0.15, 0.2) is 36.5 Å². The molecule has 0 fully saturated rings. The molecule has 0 spiro atoms. The predicted molar refractivity (Wildman–Crippen MR) is 244 cm³/mol. The lowest BCUT2D eigenvalue weighted by Crippen LogP contribution is -2.45. The van der Waals surface area contributed by atoms with Crippen LogP contribution in [-0.2, 0) is 4.79 Å². The monoisotopic (exact) mass is 772 g/mol. The van der Waals surface area contributed by atoms with Gasteiger partial charge in [0.05, 0.1) is 18.8 Å². The molecule has 4 nitrogen and oxygen atoms in total. The van der Waals surface area contributed by atoms with Gasteiger partial charge in [-0.1, -0.05) is 249 Å². The number of allylic oxidation sites excluding steroid dienone is 5. The molecule has 324 valence electrons. The zero-order valence-corrected chi connectivity index (χ0v) is 37.2. The van der Waals surface area contributed by atoms with Gasteiger partial charge in [-0.05, 0) is 44.9 Å². The molecule has 55 heavy (non-hydrogen) atoms. The molecule has 0 saturated carbocycles. The Hall–Kier alpha value is -1.39. The summed E-state index contributed by atoms with van der Waals surface area (Å²) in [5, 5.41) is 23.1. The Kier molecular flexibility index (Phi) is 45.8. The van der Waals surface area contributed by atoms with Crippen LogP contribution in [0.3, 0.4) is 0 Å². The molecule has 0 rings (SSSR count). The fourth-order valence-corrected chi connectivity index (χ4v) is 7.56. The Morgan fingerprint density at radius 1 is 0.418 bits per heavy atom. The topological polar surface area (TPSA) is 69.6 Å². The molecule has 2 unspecified atom stereocenters. The summed E-state index contributed by atoms with van der Waals surface area (Å²) in [7, 11) is 0. The molecular weight excluding hydrogens is 675 g/mol. The SMILES string of the molecule is CCCCCCCCCCCCCC/C=C/CC/C=C/CC/C=C/C(O)C(CO)NC(=O)CCCCCCCCCCCCCCCCCCCCCCC. The Morgan fingerprint density at radius 2 is 0.709 bits per heavy atom. The first-order chi connectivity index (χ1) is 27.2. The number of unbranched alkanes of at least 4 members (excludes halogenated alkanes) is 34. The summed E-state index contributed by atoms with van der Waals surface area (Å²) in [5.74, 6) is -0.0737. The summed E-state index contributed by atoms with van der Waals surface area (Å²) >= 11 is 0. The van der Waals surface area contributed by atoms with Crippen molar-refractivity contribution in [2.45, 2.75) is 276 Å². The highest BCUT2D eigenvalue weighted by molar-refractivity contribution is 5.76. The molecule has 0 aromatic heterocycles. The number of carbonyl (C=O) groups excluding carboxylic acids is 1.